The van der Waals surface area contributed by atoms with E-state index >= 15 is 0 Å². The first kappa shape index (κ1) is 14.4. The zero-order chi connectivity index (χ0) is 10.4. The average molecular weight is 267 g/mol. The number of ether oxygens (including phenoxy) is 1. The summed E-state index contributed by atoms with van der Waals surface area (Å²) in [5.74, 6) is 0.399. The van der Waals surface area contributed by atoms with E-state index in [1.165, 1.54) is 18.7 Å². The quantitative estimate of drug-likeness (QED) is 0.474. The molecule has 0 fully saturated rings. The summed E-state index contributed by atoms with van der Waals surface area (Å²) in [6.07, 6.45) is 5.08. The Morgan fingerprint density at radius 3 is 2.93 bits per heavy atom. The maximum Gasteiger partial charge on any atom is 0.302 e. The van der Waals surface area contributed by atoms with E-state index in [2.05, 4.69) is 4.98 Å². The molecule has 0 spiro atoms. The van der Waals surface area contributed by atoms with Gasteiger partial charge in [-0.05, 0) is 0 Å². The molecule has 0 aliphatic heterocycles. The van der Waals surface area contributed by atoms with Crippen LogP contribution in [0.5, 0.6) is 0 Å². The van der Waals surface area contributed by atoms with E-state index in [4.69, 9.17) is 17.0 Å². The Labute approximate surface area is 104 Å². The van der Waals surface area contributed by atoms with Gasteiger partial charge in [0.2, 0.25) is 0 Å². The number of carbonyl (C=O) groups excluding carboxylic acids is 1. The van der Waals surface area contributed by atoms with Gasteiger partial charge in [-0.3, -0.25) is 9.36 Å². The van der Waals surface area contributed by atoms with Crippen molar-refractivity contribution in [3.63, 3.8) is 0 Å². The van der Waals surface area contributed by atoms with Crippen molar-refractivity contribution in [2.45, 2.75) is 6.92 Å². The summed E-state index contributed by atoms with van der Waals surface area (Å²) in [5.41, 5.74) is 0. The number of esters is 1. The predicted molar refractivity (Wildman–Crippen MR) is 66.6 cm³/mol. The molecule has 0 atom stereocenters. The Morgan fingerprint density at radius 1 is 1.67 bits per heavy atom. The summed E-state index contributed by atoms with van der Waals surface area (Å²) in [4.78, 5) is 14.3. The van der Waals surface area contributed by atoms with E-state index in [0.717, 1.165) is 0 Å². The second-order valence-corrected chi connectivity index (χ2v) is 4.15. The first-order valence-electron chi connectivity index (χ1n) is 3.98. The zero-order valence-electron chi connectivity index (χ0n) is 8.08. The number of halogens is 1. The van der Waals surface area contributed by atoms with Gasteiger partial charge in [-0.1, -0.05) is 24.0 Å². The third-order valence-corrected chi connectivity index (χ3v) is 2.72. The Bertz CT molecular complexity index is 316. The summed E-state index contributed by atoms with van der Waals surface area (Å²) < 4.78 is 7.21. The van der Waals surface area contributed by atoms with Crippen molar-refractivity contribution in [1.29, 1.82) is 0 Å². The SMILES string of the molecule is CC(=O)OCCSC(=S)n1ccnc1.Cl. The number of hydrogen-bond donors (Lipinski definition) is 0. The van der Waals surface area contributed by atoms with Crippen LogP contribution < -0.4 is 0 Å². The van der Waals surface area contributed by atoms with E-state index < -0.39 is 0 Å². The number of imidazole rings is 1. The van der Waals surface area contributed by atoms with Gasteiger partial charge in [0, 0.05) is 25.1 Å². The van der Waals surface area contributed by atoms with E-state index in [9.17, 15) is 4.79 Å². The Hall–Kier alpha value is -0.590. The summed E-state index contributed by atoms with van der Waals surface area (Å²) in [5, 5.41) is 0. The van der Waals surface area contributed by atoms with Crippen molar-refractivity contribution in [1.82, 2.24) is 9.55 Å². The number of thioether (sulfide) groups is 1. The van der Waals surface area contributed by atoms with Crippen LogP contribution in [0.2, 0.25) is 0 Å². The van der Waals surface area contributed by atoms with Gasteiger partial charge in [0.1, 0.15) is 17.3 Å². The fourth-order valence-corrected chi connectivity index (χ4v) is 1.71. The molecule has 0 bridgehead atoms. The topological polar surface area (TPSA) is 44.1 Å². The van der Waals surface area contributed by atoms with Crippen molar-refractivity contribution in [2.75, 3.05) is 12.4 Å². The molecule has 0 aliphatic rings. The van der Waals surface area contributed by atoms with Crippen LogP contribution in [0.4, 0.5) is 0 Å². The molecule has 0 N–H and O–H groups in total. The molecule has 0 saturated heterocycles. The number of aromatic nitrogens is 2. The Balaban J connectivity index is 0.00000196. The fraction of sp³-hybridized carbons (Fsp3) is 0.375. The number of rotatable bonds is 3. The van der Waals surface area contributed by atoms with E-state index in [0.29, 0.717) is 16.7 Å². The molecular weight excluding hydrogens is 256 g/mol. The number of nitrogens with zero attached hydrogens (tertiary/aromatic N) is 2. The highest BCUT2D eigenvalue weighted by molar-refractivity contribution is 8.23. The van der Waals surface area contributed by atoms with Gasteiger partial charge in [-0.15, -0.1) is 12.4 Å². The molecule has 0 aromatic carbocycles. The molecule has 1 aromatic rings. The predicted octanol–water partition coefficient (Wildman–Crippen LogP) is 1.73. The molecule has 0 amide bonds. The molecule has 1 heterocycles. The van der Waals surface area contributed by atoms with E-state index in [-0.39, 0.29) is 18.4 Å². The van der Waals surface area contributed by atoms with Gasteiger partial charge >= 0.3 is 5.97 Å². The van der Waals surface area contributed by atoms with Crippen LogP contribution in [0.1, 0.15) is 6.92 Å². The minimum atomic E-state index is -0.265. The molecule has 0 aliphatic carbocycles. The summed E-state index contributed by atoms with van der Waals surface area (Å²) in [6.45, 7) is 1.77. The van der Waals surface area contributed by atoms with Crippen LogP contribution in [0.3, 0.4) is 0 Å². The molecule has 7 heteroatoms. The highest BCUT2D eigenvalue weighted by Crippen LogP contribution is 2.06. The Morgan fingerprint density at radius 2 is 2.40 bits per heavy atom. The molecule has 1 aromatic heterocycles. The highest BCUT2D eigenvalue weighted by atomic mass is 35.5. The molecule has 0 radical (unpaired) electrons. The first-order chi connectivity index (χ1) is 6.70. The van der Waals surface area contributed by atoms with Gasteiger partial charge in [-0.25, -0.2) is 4.98 Å². The molecule has 15 heavy (non-hydrogen) atoms. The first-order valence-corrected chi connectivity index (χ1v) is 5.38. The normalized spacial score (nSPS) is 9.13. The molecule has 0 saturated carbocycles. The lowest BCUT2D eigenvalue weighted by atomic mass is 10.8. The summed E-state index contributed by atoms with van der Waals surface area (Å²) in [7, 11) is 0. The van der Waals surface area contributed by atoms with Crippen LogP contribution in [-0.2, 0) is 9.53 Å². The lowest BCUT2D eigenvalue weighted by Crippen LogP contribution is -2.07. The van der Waals surface area contributed by atoms with Crippen molar-refractivity contribution in [2.24, 2.45) is 0 Å². The largest absolute Gasteiger partial charge is 0.465 e. The Kier molecular flexibility index (Phi) is 7.37. The molecule has 84 valence electrons. The van der Waals surface area contributed by atoms with Gasteiger partial charge in [0.25, 0.3) is 0 Å². The number of hydrogen-bond acceptors (Lipinski definition) is 5. The molecule has 4 nitrogen and oxygen atoms in total. The minimum Gasteiger partial charge on any atom is -0.465 e. The van der Waals surface area contributed by atoms with Crippen LogP contribution >= 0.6 is 36.4 Å². The smallest absolute Gasteiger partial charge is 0.302 e. The third kappa shape index (κ3) is 5.76. The van der Waals surface area contributed by atoms with Crippen LogP contribution in [0.15, 0.2) is 18.7 Å². The summed E-state index contributed by atoms with van der Waals surface area (Å²) >= 11 is 6.55. The zero-order valence-corrected chi connectivity index (χ0v) is 10.5. The number of carbonyl (C=O) groups is 1. The minimum absolute atomic E-state index is 0. The van der Waals surface area contributed by atoms with Crippen LogP contribution in [0, 0.1) is 0 Å². The lowest BCUT2D eigenvalue weighted by molar-refractivity contribution is -0.140. The van der Waals surface area contributed by atoms with Crippen LogP contribution in [-0.4, -0.2) is 32.2 Å². The standard InChI is InChI=1S/C8H10N2O2S2.ClH/c1-7(11)12-4-5-14-8(13)10-3-2-9-6-10;/h2-3,6H,4-5H2,1H3;1H. The molecular formula is C8H11ClN2O2S2. The van der Waals surface area contributed by atoms with E-state index in [1.54, 1.807) is 23.3 Å². The average Bonchev–Trinajstić information content (AvgIpc) is 2.64. The van der Waals surface area contributed by atoms with E-state index in [1.807, 2.05) is 0 Å². The van der Waals surface area contributed by atoms with Crippen molar-refractivity contribution < 1.29 is 9.53 Å². The molecule has 1 rings (SSSR count). The number of thiocarbonyl (C=S) groups is 1. The van der Waals surface area contributed by atoms with Gasteiger partial charge in [0.05, 0.1) is 0 Å². The monoisotopic (exact) mass is 266 g/mol. The highest BCUT2D eigenvalue weighted by Gasteiger charge is 2.00. The van der Waals surface area contributed by atoms with Crippen molar-refractivity contribution in [3.8, 4) is 0 Å². The van der Waals surface area contributed by atoms with Gasteiger partial charge < -0.3 is 4.74 Å². The fourth-order valence-electron chi connectivity index (χ4n) is 0.756. The second kappa shape index (κ2) is 7.67. The van der Waals surface area contributed by atoms with Gasteiger partial charge in [0.15, 0.2) is 0 Å². The molecule has 0 unspecified atom stereocenters. The third-order valence-electron chi connectivity index (χ3n) is 1.33. The summed E-state index contributed by atoms with van der Waals surface area (Å²) in [6, 6.07) is 0. The van der Waals surface area contributed by atoms with Crippen molar-refractivity contribution in [3.05, 3.63) is 18.7 Å². The second-order valence-electron chi connectivity index (χ2n) is 2.42. The lowest BCUT2D eigenvalue weighted by Gasteiger charge is -2.03. The van der Waals surface area contributed by atoms with Gasteiger partial charge in [-0.2, -0.15) is 0 Å². The van der Waals surface area contributed by atoms with Crippen molar-refractivity contribution >= 4 is 46.7 Å². The van der Waals surface area contributed by atoms with Crippen LogP contribution in [0.25, 0.3) is 0 Å². The maximum absolute atomic E-state index is 10.4. The maximum atomic E-state index is 10.4.